The Morgan fingerprint density at radius 1 is 1.38 bits per heavy atom. The standard InChI is InChI=1S/C8H13NO4/c1-4(10)9-6-2-5(8(12)13)3-7(6)11/h5-7,11H,2-3H2,1H3,(H,9,10)(H,12,13)/t5-,6+,7+/m0/s1. The van der Waals surface area contributed by atoms with E-state index < -0.39 is 24.0 Å². The van der Waals surface area contributed by atoms with Crippen molar-refractivity contribution in [1.29, 1.82) is 0 Å². The van der Waals surface area contributed by atoms with E-state index >= 15 is 0 Å². The number of hydrogen-bond acceptors (Lipinski definition) is 3. The summed E-state index contributed by atoms with van der Waals surface area (Å²) in [5.41, 5.74) is 0. The first kappa shape index (κ1) is 9.98. The number of carboxylic acid groups (broad SMARTS) is 1. The van der Waals surface area contributed by atoms with E-state index in [2.05, 4.69) is 5.32 Å². The van der Waals surface area contributed by atoms with Crippen LogP contribution >= 0.6 is 0 Å². The van der Waals surface area contributed by atoms with E-state index in [-0.39, 0.29) is 12.3 Å². The van der Waals surface area contributed by atoms with Gasteiger partial charge in [0.05, 0.1) is 18.1 Å². The maximum atomic E-state index is 10.7. The number of hydrogen-bond donors (Lipinski definition) is 3. The van der Waals surface area contributed by atoms with E-state index in [0.29, 0.717) is 6.42 Å². The van der Waals surface area contributed by atoms with Crippen LogP contribution in [0.1, 0.15) is 19.8 Å². The van der Waals surface area contributed by atoms with E-state index in [1.807, 2.05) is 0 Å². The first-order chi connectivity index (χ1) is 6.00. The lowest BCUT2D eigenvalue weighted by Crippen LogP contribution is -2.38. The smallest absolute Gasteiger partial charge is 0.306 e. The van der Waals surface area contributed by atoms with Crippen molar-refractivity contribution < 1.29 is 19.8 Å². The molecule has 3 atom stereocenters. The number of nitrogens with one attached hydrogen (secondary N) is 1. The third-order valence-electron chi connectivity index (χ3n) is 2.27. The number of carbonyl (C=O) groups is 2. The van der Waals surface area contributed by atoms with Crippen molar-refractivity contribution in [3.05, 3.63) is 0 Å². The normalized spacial score (nSPS) is 32.9. The van der Waals surface area contributed by atoms with Gasteiger partial charge in [0.15, 0.2) is 0 Å². The highest BCUT2D eigenvalue weighted by atomic mass is 16.4. The Bertz CT molecular complexity index is 228. The van der Waals surface area contributed by atoms with Crippen LogP contribution in [0.25, 0.3) is 0 Å². The Balaban J connectivity index is 2.51. The van der Waals surface area contributed by atoms with Gasteiger partial charge in [-0.05, 0) is 12.8 Å². The summed E-state index contributed by atoms with van der Waals surface area (Å²) < 4.78 is 0. The minimum Gasteiger partial charge on any atom is -0.481 e. The lowest BCUT2D eigenvalue weighted by atomic mass is 10.1. The zero-order valence-electron chi connectivity index (χ0n) is 7.36. The molecule has 0 bridgehead atoms. The second-order valence-corrected chi connectivity index (χ2v) is 3.38. The van der Waals surface area contributed by atoms with E-state index in [0.717, 1.165) is 0 Å². The predicted molar refractivity (Wildman–Crippen MR) is 44.0 cm³/mol. The quantitative estimate of drug-likeness (QED) is 0.536. The van der Waals surface area contributed by atoms with Gasteiger partial charge in [0.25, 0.3) is 0 Å². The molecule has 1 saturated carbocycles. The SMILES string of the molecule is CC(=O)N[C@@H]1C[C@H](C(=O)O)C[C@H]1O. The maximum absolute atomic E-state index is 10.7. The largest absolute Gasteiger partial charge is 0.481 e. The molecule has 5 nitrogen and oxygen atoms in total. The Morgan fingerprint density at radius 3 is 2.38 bits per heavy atom. The highest BCUT2D eigenvalue weighted by Crippen LogP contribution is 2.26. The molecule has 0 aliphatic heterocycles. The molecular weight excluding hydrogens is 174 g/mol. The predicted octanol–water partition coefficient (Wildman–Crippen LogP) is -0.653. The summed E-state index contributed by atoms with van der Waals surface area (Å²) >= 11 is 0. The van der Waals surface area contributed by atoms with Crippen LogP contribution in [0.4, 0.5) is 0 Å². The number of rotatable bonds is 2. The molecule has 13 heavy (non-hydrogen) atoms. The maximum Gasteiger partial charge on any atom is 0.306 e. The zero-order valence-corrected chi connectivity index (χ0v) is 7.36. The van der Waals surface area contributed by atoms with Gasteiger partial charge in [-0.3, -0.25) is 9.59 Å². The average molecular weight is 187 g/mol. The van der Waals surface area contributed by atoms with Gasteiger partial charge in [-0.1, -0.05) is 0 Å². The molecule has 5 heteroatoms. The molecule has 74 valence electrons. The van der Waals surface area contributed by atoms with Gasteiger partial charge in [0, 0.05) is 6.92 Å². The van der Waals surface area contributed by atoms with Crippen LogP contribution in [0.5, 0.6) is 0 Å². The molecule has 0 aromatic heterocycles. The van der Waals surface area contributed by atoms with Crippen molar-refractivity contribution in [3.63, 3.8) is 0 Å². The van der Waals surface area contributed by atoms with Gasteiger partial charge in [-0.15, -0.1) is 0 Å². The van der Waals surface area contributed by atoms with Gasteiger partial charge in [0.2, 0.25) is 5.91 Å². The van der Waals surface area contributed by atoms with E-state index in [4.69, 9.17) is 5.11 Å². The van der Waals surface area contributed by atoms with Crippen molar-refractivity contribution in [2.24, 2.45) is 5.92 Å². The minimum atomic E-state index is -0.910. The zero-order chi connectivity index (χ0) is 10.0. The summed E-state index contributed by atoms with van der Waals surface area (Å²) in [7, 11) is 0. The van der Waals surface area contributed by atoms with E-state index in [1.54, 1.807) is 0 Å². The fraction of sp³-hybridized carbons (Fsp3) is 0.750. The summed E-state index contributed by atoms with van der Waals surface area (Å²) in [5, 5.41) is 20.6. The van der Waals surface area contributed by atoms with Crippen LogP contribution in [0.3, 0.4) is 0 Å². The van der Waals surface area contributed by atoms with Crippen molar-refractivity contribution in [1.82, 2.24) is 5.32 Å². The van der Waals surface area contributed by atoms with Gasteiger partial charge >= 0.3 is 5.97 Å². The Morgan fingerprint density at radius 2 is 2.00 bits per heavy atom. The number of amides is 1. The summed E-state index contributed by atoms with van der Waals surface area (Å²) in [4.78, 5) is 21.2. The topological polar surface area (TPSA) is 86.6 Å². The van der Waals surface area contributed by atoms with Crippen LogP contribution in [0, 0.1) is 5.92 Å². The third-order valence-corrected chi connectivity index (χ3v) is 2.27. The van der Waals surface area contributed by atoms with Crippen LogP contribution in [-0.4, -0.2) is 34.2 Å². The first-order valence-electron chi connectivity index (χ1n) is 4.18. The second-order valence-electron chi connectivity index (χ2n) is 3.38. The van der Waals surface area contributed by atoms with E-state index in [9.17, 15) is 14.7 Å². The molecule has 1 amide bonds. The number of carboxylic acids is 1. The molecule has 0 unspecified atom stereocenters. The molecule has 0 heterocycles. The molecule has 1 rings (SSSR count). The summed E-state index contributed by atoms with van der Waals surface area (Å²) in [6.45, 7) is 1.35. The minimum absolute atomic E-state index is 0.223. The summed E-state index contributed by atoms with van der Waals surface area (Å²) in [6.07, 6.45) is -0.193. The number of aliphatic hydroxyl groups is 1. The molecule has 0 spiro atoms. The lowest BCUT2D eigenvalue weighted by molar-refractivity contribution is -0.141. The molecule has 0 aromatic carbocycles. The summed E-state index contributed by atoms with van der Waals surface area (Å²) in [5.74, 6) is -1.69. The summed E-state index contributed by atoms with van der Waals surface area (Å²) in [6, 6.07) is -0.404. The van der Waals surface area contributed by atoms with Gasteiger partial charge in [-0.2, -0.15) is 0 Å². The second kappa shape index (κ2) is 3.74. The molecule has 0 saturated heterocycles. The Labute approximate surface area is 75.7 Å². The number of aliphatic hydroxyl groups excluding tert-OH is 1. The van der Waals surface area contributed by atoms with Gasteiger partial charge < -0.3 is 15.5 Å². The van der Waals surface area contributed by atoms with E-state index in [1.165, 1.54) is 6.92 Å². The van der Waals surface area contributed by atoms with Crippen LogP contribution in [-0.2, 0) is 9.59 Å². The molecule has 0 aromatic rings. The Hall–Kier alpha value is -1.10. The Kier molecular flexibility index (Phi) is 2.87. The van der Waals surface area contributed by atoms with Gasteiger partial charge in [-0.25, -0.2) is 0 Å². The van der Waals surface area contributed by atoms with Crippen molar-refractivity contribution >= 4 is 11.9 Å². The van der Waals surface area contributed by atoms with Crippen molar-refractivity contribution in [2.45, 2.75) is 31.9 Å². The fourth-order valence-corrected chi connectivity index (χ4v) is 1.63. The molecule has 1 fully saturated rings. The van der Waals surface area contributed by atoms with Crippen molar-refractivity contribution in [2.75, 3.05) is 0 Å². The number of carbonyl (C=O) groups excluding carboxylic acids is 1. The average Bonchev–Trinajstić information content (AvgIpc) is 2.31. The molecule has 0 radical (unpaired) electrons. The van der Waals surface area contributed by atoms with Crippen LogP contribution in [0.2, 0.25) is 0 Å². The molecule has 1 aliphatic carbocycles. The highest BCUT2D eigenvalue weighted by Gasteiger charge is 2.37. The molecular formula is C8H13NO4. The third kappa shape index (κ3) is 2.42. The van der Waals surface area contributed by atoms with Crippen molar-refractivity contribution in [3.8, 4) is 0 Å². The van der Waals surface area contributed by atoms with Gasteiger partial charge in [0.1, 0.15) is 0 Å². The monoisotopic (exact) mass is 187 g/mol. The fourth-order valence-electron chi connectivity index (χ4n) is 1.63. The van der Waals surface area contributed by atoms with Crippen LogP contribution in [0.15, 0.2) is 0 Å². The highest BCUT2D eigenvalue weighted by molar-refractivity contribution is 5.74. The first-order valence-corrected chi connectivity index (χ1v) is 4.18. The molecule has 3 N–H and O–H groups in total. The number of aliphatic carboxylic acids is 1. The lowest BCUT2D eigenvalue weighted by Gasteiger charge is -2.14. The molecule has 1 aliphatic rings. The van der Waals surface area contributed by atoms with Crippen LogP contribution < -0.4 is 5.32 Å².